The van der Waals surface area contributed by atoms with Crippen LogP contribution in [0.25, 0.3) is 0 Å². The maximum atomic E-state index is 13.1. The summed E-state index contributed by atoms with van der Waals surface area (Å²) >= 11 is 0. The van der Waals surface area contributed by atoms with Gasteiger partial charge in [-0.15, -0.1) is 0 Å². The first kappa shape index (κ1) is 12.5. The first-order valence-corrected chi connectivity index (χ1v) is 4.51. The predicted octanol–water partition coefficient (Wildman–Crippen LogP) is 1.88. The van der Waals surface area contributed by atoms with E-state index in [4.69, 9.17) is 5.11 Å². The summed E-state index contributed by atoms with van der Waals surface area (Å²) in [7, 11) is 0. The highest BCUT2D eigenvalue weighted by Gasteiger charge is 2.10. The molecule has 0 fully saturated rings. The third-order valence-corrected chi connectivity index (χ3v) is 1.89. The minimum atomic E-state index is -2.47. The average Bonchev–Trinajstić information content (AvgIpc) is 2.16. The highest BCUT2D eigenvalue weighted by Crippen LogP contribution is 2.10. The Labute approximate surface area is 89.9 Å². The summed E-state index contributed by atoms with van der Waals surface area (Å²) in [6, 6.07) is 3.50. The van der Waals surface area contributed by atoms with E-state index in [9.17, 15) is 18.0 Å². The van der Waals surface area contributed by atoms with Gasteiger partial charge in [-0.2, -0.15) is 0 Å². The summed E-state index contributed by atoms with van der Waals surface area (Å²) in [5.41, 5.74) is -0.0132. The molecule has 1 rings (SSSR count). The number of nitrogens with one attached hydrogen (secondary N) is 1. The number of carboxylic acids is 1. The van der Waals surface area contributed by atoms with Crippen LogP contribution in [0.15, 0.2) is 18.2 Å². The van der Waals surface area contributed by atoms with Crippen LogP contribution in [0.2, 0.25) is 0 Å². The van der Waals surface area contributed by atoms with Gasteiger partial charge < -0.3 is 10.4 Å². The second-order valence-corrected chi connectivity index (χ2v) is 3.14. The van der Waals surface area contributed by atoms with Crippen molar-refractivity contribution in [1.29, 1.82) is 0 Å². The van der Waals surface area contributed by atoms with E-state index in [1.54, 1.807) is 0 Å². The van der Waals surface area contributed by atoms with Gasteiger partial charge in [-0.1, -0.05) is 6.07 Å². The molecule has 0 saturated heterocycles. The highest BCUT2D eigenvalue weighted by atomic mass is 19.3. The molecule has 6 heteroatoms. The molecule has 88 valence electrons. The molecule has 2 N–H and O–H groups in total. The number of halogens is 3. The number of aromatic carboxylic acids is 1. The van der Waals surface area contributed by atoms with Crippen molar-refractivity contribution in [3.05, 3.63) is 35.1 Å². The van der Waals surface area contributed by atoms with E-state index in [0.29, 0.717) is 5.56 Å². The van der Waals surface area contributed by atoms with Crippen LogP contribution >= 0.6 is 0 Å². The van der Waals surface area contributed by atoms with Gasteiger partial charge in [0.1, 0.15) is 5.82 Å². The van der Waals surface area contributed by atoms with Gasteiger partial charge >= 0.3 is 5.97 Å². The van der Waals surface area contributed by atoms with Crippen LogP contribution in [0.1, 0.15) is 15.9 Å². The van der Waals surface area contributed by atoms with Gasteiger partial charge in [0.15, 0.2) is 0 Å². The van der Waals surface area contributed by atoms with E-state index in [1.807, 2.05) is 0 Å². The molecule has 0 aliphatic rings. The smallest absolute Gasteiger partial charge is 0.338 e. The topological polar surface area (TPSA) is 49.3 Å². The fourth-order valence-corrected chi connectivity index (χ4v) is 1.17. The SMILES string of the molecule is O=C(O)c1ccc(CNCC(F)F)cc1F. The molecule has 0 saturated carbocycles. The minimum Gasteiger partial charge on any atom is -0.478 e. The van der Waals surface area contributed by atoms with Gasteiger partial charge in [0, 0.05) is 6.54 Å². The lowest BCUT2D eigenvalue weighted by molar-refractivity contribution is 0.0692. The lowest BCUT2D eigenvalue weighted by Gasteiger charge is -2.05. The summed E-state index contributed by atoms with van der Waals surface area (Å²) in [6.07, 6.45) is -2.47. The number of carboxylic acid groups (broad SMARTS) is 1. The van der Waals surface area contributed by atoms with Crippen molar-refractivity contribution in [3.8, 4) is 0 Å². The summed E-state index contributed by atoms with van der Waals surface area (Å²) in [4.78, 5) is 10.5. The van der Waals surface area contributed by atoms with Crippen LogP contribution in [0.4, 0.5) is 13.2 Å². The van der Waals surface area contributed by atoms with Gasteiger partial charge in [0.2, 0.25) is 0 Å². The Morgan fingerprint density at radius 2 is 2.12 bits per heavy atom. The lowest BCUT2D eigenvalue weighted by atomic mass is 10.1. The van der Waals surface area contributed by atoms with Crippen LogP contribution in [-0.4, -0.2) is 24.0 Å². The monoisotopic (exact) mass is 233 g/mol. The summed E-state index contributed by atoms with van der Waals surface area (Å²) in [5, 5.41) is 11.0. The third kappa shape index (κ3) is 3.54. The van der Waals surface area contributed by atoms with Gasteiger partial charge in [0.25, 0.3) is 6.43 Å². The van der Waals surface area contributed by atoms with Crippen LogP contribution in [-0.2, 0) is 6.54 Å². The number of hydrogen-bond acceptors (Lipinski definition) is 2. The van der Waals surface area contributed by atoms with Crippen molar-refractivity contribution in [2.24, 2.45) is 0 Å². The van der Waals surface area contributed by atoms with Crippen LogP contribution in [0.3, 0.4) is 0 Å². The fraction of sp³-hybridized carbons (Fsp3) is 0.300. The first-order chi connectivity index (χ1) is 7.50. The van der Waals surface area contributed by atoms with E-state index in [1.165, 1.54) is 6.07 Å². The van der Waals surface area contributed by atoms with Crippen LogP contribution in [0, 0.1) is 5.82 Å². The highest BCUT2D eigenvalue weighted by molar-refractivity contribution is 5.87. The molecule has 0 radical (unpaired) electrons. The molecule has 1 aromatic rings. The van der Waals surface area contributed by atoms with Gasteiger partial charge in [-0.05, 0) is 17.7 Å². The van der Waals surface area contributed by atoms with Crippen molar-refractivity contribution in [1.82, 2.24) is 5.32 Å². The molecule has 0 bridgehead atoms. The van der Waals surface area contributed by atoms with Gasteiger partial charge in [0.05, 0.1) is 12.1 Å². The average molecular weight is 233 g/mol. The van der Waals surface area contributed by atoms with Crippen molar-refractivity contribution < 1.29 is 23.1 Å². The van der Waals surface area contributed by atoms with Crippen molar-refractivity contribution >= 4 is 5.97 Å². The van der Waals surface area contributed by atoms with Crippen molar-refractivity contribution in [3.63, 3.8) is 0 Å². The Morgan fingerprint density at radius 1 is 1.44 bits per heavy atom. The summed E-state index contributed by atoms with van der Waals surface area (Å²) in [5.74, 6) is -2.23. The molecule has 0 aliphatic carbocycles. The molecule has 0 aromatic heterocycles. The molecule has 0 spiro atoms. The Balaban J connectivity index is 2.63. The van der Waals surface area contributed by atoms with Crippen molar-refractivity contribution in [2.75, 3.05) is 6.54 Å². The van der Waals surface area contributed by atoms with E-state index in [2.05, 4.69) is 5.32 Å². The Bertz CT molecular complexity index is 382. The minimum absolute atomic E-state index is 0.0706. The molecule has 1 aromatic carbocycles. The quantitative estimate of drug-likeness (QED) is 0.816. The Hall–Kier alpha value is -1.56. The van der Waals surface area contributed by atoms with E-state index in [0.717, 1.165) is 12.1 Å². The molecule has 0 aliphatic heterocycles. The van der Waals surface area contributed by atoms with E-state index < -0.39 is 30.3 Å². The van der Waals surface area contributed by atoms with Crippen molar-refractivity contribution in [2.45, 2.75) is 13.0 Å². The summed E-state index contributed by atoms with van der Waals surface area (Å²) in [6.45, 7) is -0.413. The molecule has 3 nitrogen and oxygen atoms in total. The van der Waals surface area contributed by atoms with E-state index >= 15 is 0 Å². The van der Waals surface area contributed by atoms with E-state index in [-0.39, 0.29) is 6.54 Å². The molecular formula is C10H10F3NO2. The lowest BCUT2D eigenvalue weighted by Crippen LogP contribution is -2.20. The molecule has 16 heavy (non-hydrogen) atoms. The zero-order valence-corrected chi connectivity index (χ0v) is 8.21. The standard InChI is InChI=1S/C10H10F3NO2/c11-8-3-6(4-14-5-9(12)13)1-2-7(8)10(15)16/h1-3,9,14H,4-5H2,(H,15,16). The number of hydrogen-bond donors (Lipinski definition) is 2. The molecule has 0 atom stereocenters. The van der Waals surface area contributed by atoms with Gasteiger partial charge in [-0.25, -0.2) is 18.0 Å². The van der Waals surface area contributed by atoms with Crippen LogP contribution in [0.5, 0.6) is 0 Å². The second kappa shape index (κ2) is 5.50. The zero-order chi connectivity index (χ0) is 12.1. The molecule has 0 heterocycles. The predicted molar refractivity (Wildman–Crippen MR) is 51.1 cm³/mol. The largest absolute Gasteiger partial charge is 0.478 e. The zero-order valence-electron chi connectivity index (χ0n) is 8.21. The molecule has 0 unspecified atom stereocenters. The second-order valence-electron chi connectivity index (χ2n) is 3.14. The first-order valence-electron chi connectivity index (χ1n) is 4.51. The normalized spacial score (nSPS) is 10.8. The third-order valence-electron chi connectivity index (χ3n) is 1.89. The Morgan fingerprint density at radius 3 is 2.62 bits per heavy atom. The number of carbonyl (C=O) groups is 1. The van der Waals surface area contributed by atoms with Gasteiger partial charge in [-0.3, -0.25) is 0 Å². The van der Waals surface area contributed by atoms with Crippen LogP contribution < -0.4 is 5.32 Å². The number of benzene rings is 1. The number of rotatable bonds is 5. The summed E-state index contributed by atoms with van der Waals surface area (Å²) < 4.78 is 36.7. The molecule has 0 amide bonds. The maximum Gasteiger partial charge on any atom is 0.338 e. The molecular weight excluding hydrogens is 223 g/mol. The fourth-order valence-electron chi connectivity index (χ4n) is 1.17. The Kier molecular flexibility index (Phi) is 4.30. The number of alkyl halides is 2. The maximum absolute atomic E-state index is 13.1.